The number of amides is 1. The van der Waals surface area contributed by atoms with Crippen molar-refractivity contribution in [2.75, 3.05) is 23.3 Å². The summed E-state index contributed by atoms with van der Waals surface area (Å²) in [5.74, 6) is 2.94. The Kier molecular flexibility index (Phi) is 4.26. The summed E-state index contributed by atoms with van der Waals surface area (Å²) in [6.07, 6.45) is 8.03. The van der Waals surface area contributed by atoms with Crippen LogP contribution in [0.4, 0.5) is 11.4 Å². The molecule has 4 aliphatic rings. The molecule has 2 aliphatic heterocycles. The highest BCUT2D eigenvalue weighted by atomic mass is 79.9. The Morgan fingerprint density at radius 1 is 0.897 bits per heavy atom. The van der Waals surface area contributed by atoms with Gasteiger partial charge in [-0.15, -0.1) is 0 Å². The summed E-state index contributed by atoms with van der Waals surface area (Å²) in [4.78, 5) is 15.6. The van der Waals surface area contributed by atoms with Crippen molar-refractivity contribution in [2.24, 2.45) is 11.8 Å². The Balaban J connectivity index is 1.41. The quantitative estimate of drug-likeness (QED) is 0.581. The standard InChI is InChI=1S/C25H27BrN2O/c26-18-9-7-15(8-10-18)25(29)27-19-11-22-20-5-1-3-16(20)13-28-14-17-4-2-6-21(17)23(12-19)24(22)28/h7-12,16-17,20-21H,1-6,13-14H2,(H,27,29)/t16-,17-,20-,21+/m0/s1. The first-order valence-corrected chi connectivity index (χ1v) is 12.0. The molecule has 0 bridgehead atoms. The lowest BCUT2D eigenvalue weighted by Crippen LogP contribution is -2.43. The molecular formula is C25H27BrN2O. The van der Waals surface area contributed by atoms with Crippen LogP contribution in [0.5, 0.6) is 0 Å². The molecule has 2 aromatic rings. The van der Waals surface area contributed by atoms with Crippen molar-refractivity contribution in [1.82, 2.24) is 0 Å². The van der Waals surface area contributed by atoms with Crippen LogP contribution in [0.2, 0.25) is 0 Å². The average molecular weight is 451 g/mol. The van der Waals surface area contributed by atoms with Gasteiger partial charge in [0.2, 0.25) is 0 Å². The molecule has 2 fully saturated rings. The van der Waals surface area contributed by atoms with Crippen LogP contribution in [0.15, 0.2) is 40.9 Å². The maximum Gasteiger partial charge on any atom is 0.255 e. The Hall–Kier alpha value is -1.81. The van der Waals surface area contributed by atoms with E-state index in [1.165, 1.54) is 68.4 Å². The van der Waals surface area contributed by atoms with Gasteiger partial charge >= 0.3 is 0 Å². The minimum Gasteiger partial charge on any atom is -0.370 e. The van der Waals surface area contributed by atoms with Crippen LogP contribution < -0.4 is 10.2 Å². The molecule has 2 saturated carbocycles. The number of hydrogen-bond acceptors (Lipinski definition) is 2. The molecule has 0 spiro atoms. The number of hydrogen-bond donors (Lipinski definition) is 1. The Labute approximate surface area is 181 Å². The third-order valence-corrected chi connectivity index (χ3v) is 8.40. The molecule has 1 amide bonds. The van der Waals surface area contributed by atoms with Crippen molar-refractivity contribution >= 4 is 33.2 Å². The summed E-state index contributed by atoms with van der Waals surface area (Å²) in [5, 5.41) is 3.23. The SMILES string of the molecule is O=C(Nc1cc2c3c(c1)[C@@H]1CCC[C@H]1CN3C[C@@H]1CCC[C@H]21)c1ccc(Br)cc1. The zero-order valence-electron chi connectivity index (χ0n) is 16.7. The summed E-state index contributed by atoms with van der Waals surface area (Å²) >= 11 is 3.45. The van der Waals surface area contributed by atoms with Crippen LogP contribution in [0.3, 0.4) is 0 Å². The van der Waals surface area contributed by atoms with Gasteiger partial charge < -0.3 is 10.2 Å². The number of anilines is 2. The fourth-order valence-corrected chi connectivity index (χ4v) is 6.90. The van der Waals surface area contributed by atoms with Gasteiger partial charge in [0.05, 0.1) is 0 Å². The van der Waals surface area contributed by atoms with Crippen LogP contribution in [0, 0.1) is 11.8 Å². The Morgan fingerprint density at radius 3 is 2.07 bits per heavy atom. The molecule has 2 aromatic carbocycles. The van der Waals surface area contributed by atoms with Crippen molar-refractivity contribution in [3.05, 3.63) is 57.6 Å². The van der Waals surface area contributed by atoms with Crippen LogP contribution in [-0.4, -0.2) is 19.0 Å². The number of nitrogens with zero attached hydrogens (tertiary/aromatic N) is 1. The van der Waals surface area contributed by atoms with E-state index in [4.69, 9.17) is 0 Å². The number of fused-ring (bicyclic) bond motifs is 4. The third kappa shape index (κ3) is 2.94. The number of rotatable bonds is 2. The first-order valence-electron chi connectivity index (χ1n) is 11.2. The molecule has 6 rings (SSSR count). The molecule has 3 nitrogen and oxygen atoms in total. The highest BCUT2D eigenvalue weighted by Gasteiger charge is 2.44. The molecule has 0 aromatic heterocycles. The zero-order valence-corrected chi connectivity index (χ0v) is 18.2. The largest absolute Gasteiger partial charge is 0.370 e. The lowest BCUT2D eigenvalue weighted by atomic mass is 9.75. The second kappa shape index (κ2) is 6.87. The lowest BCUT2D eigenvalue weighted by molar-refractivity contribution is 0.102. The van der Waals surface area contributed by atoms with Gasteiger partial charge in [-0.3, -0.25) is 4.79 Å². The van der Waals surface area contributed by atoms with Gasteiger partial charge in [-0.25, -0.2) is 0 Å². The van der Waals surface area contributed by atoms with Crippen LogP contribution >= 0.6 is 15.9 Å². The molecule has 2 aliphatic carbocycles. The predicted octanol–water partition coefficient (Wildman–Crippen LogP) is 6.30. The average Bonchev–Trinajstić information content (AvgIpc) is 3.38. The first kappa shape index (κ1) is 18.0. The summed E-state index contributed by atoms with van der Waals surface area (Å²) in [5.41, 5.74) is 6.28. The van der Waals surface area contributed by atoms with Gasteiger partial charge in [0.1, 0.15) is 0 Å². The first-order chi connectivity index (χ1) is 14.2. The van der Waals surface area contributed by atoms with Crippen molar-refractivity contribution in [2.45, 2.75) is 50.4 Å². The number of benzene rings is 2. The van der Waals surface area contributed by atoms with E-state index in [1.807, 2.05) is 24.3 Å². The molecule has 0 unspecified atom stereocenters. The van der Waals surface area contributed by atoms with E-state index in [0.29, 0.717) is 17.4 Å². The molecule has 1 N–H and O–H groups in total. The van der Waals surface area contributed by atoms with Crippen LogP contribution in [0.25, 0.3) is 0 Å². The third-order valence-electron chi connectivity index (χ3n) is 7.88. The second-order valence-electron chi connectivity index (χ2n) is 9.46. The summed E-state index contributed by atoms with van der Waals surface area (Å²) in [6.45, 7) is 2.50. The van der Waals surface area contributed by atoms with Gasteiger partial charge in [-0.05, 0) is 96.9 Å². The van der Waals surface area contributed by atoms with E-state index in [2.05, 4.69) is 38.3 Å². The highest BCUT2D eigenvalue weighted by molar-refractivity contribution is 9.10. The molecular weight excluding hydrogens is 424 g/mol. The fraction of sp³-hybridized carbons (Fsp3) is 0.480. The topological polar surface area (TPSA) is 32.3 Å². The lowest BCUT2D eigenvalue weighted by Gasteiger charge is -2.46. The smallest absolute Gasteiger partial charge is 0.255 e. The second-order valence-corrected chi connectivity index (χ2v) is 10.4. The predicted molar refractivity (Wildman–Crippen MR) is 121 cm³/mol. The van der Waals surface area contributed by atoms with E-state index >= 15 is 0 Å². The van der Waals surface area contributed by atoms with E-state index in [9.17, 15) is 4.79 Å². The van der Waals surface area contributed by atoms with Gasteiger partial charge in [0.25, 0.3) is 5.91 Å². The van der Waals surface area contributed by atoms with E-state index in [-0.39, 0.29) is 5.91 Å². The maximum atomic E-state index is 12.9. The van der Waals surface area contributed by atoms with Gasteiger partial charge in [-0.1, -0.05) is 28.8 Å². The number of halogens is 1. The monoisotopic (exact) mass is 450 g/mol. The number of nitrogens with one attached hydrogen (secondary N) is 1. The zero-order chi connectivity index (χ0) is 19.5. The summed E-state index contributed by atoms with van der Waals surface area (Å²) < 4.78 is 0.993. The Morgan fingerprint density at radius 2 is 1.48 bits per heavy atom. The molecule has 4 atom stereocenters. The van der Waals surface area contributed by atoms with Crippen molar-refractivity contribution in [3.63, 3.8) is 0 Å². The Bertz CT molecular complexity index is 924. The normalized spacial score (nSPS) is 29.2. The van der Waals surface area contributed by atoms with E-state index < -0.39 is 0 Å². The molecule has 29 heavy (non-hydrogen) atoms. The summed E-state index contributed by atoms with van der Waals surface area (Å²) in [7, 11) is 0. The number of carbonyl (C=O) groups is 1. The molecule has 0 saturated heterocycles. The minimum absolute atomic E-state index is 0.0148. The van der Waals surface area contributed by atoms with Crippen molar-refractivity contribution in [3.8, 4) is 0 Å². The van der Waals surface area contributed by atoms with Gasteiger partial charge in [-0.2, -0.15) is 0 Å². The number of carbonyl (C=O) groups excluding carboxylic acids is 1. The minimum atomic E-state index is -0.0148. The van der Waals surface area contributed by atoms with Crippen molar-refractivity contribution < 1.29 is 4.79 Å². The van der Waals surface area contributed by atoms with Crippen LogP contribution in [0.1, 0.15) is 71.8 Å². The highest BCUT2D eigenvalue weighted by Crippen LogP contribution is 2.56. The molecule has 0 radical (unpaired) electrons. The van der Waals surface area contributed by atoms with Gasteiger partial charge in [0.15, 0.2) is 0 Å². The van der Waals surface area contributed by atoms with E-state index in [1.54, 1.807) is 0 Å². The molecule has 2 heterocycles. The van der Waals surface area contributed by atoms with Crippen LogP contribution in [-0.2, 0) is 0 Å². The summed E-state index contributed by atoms with van der Waals surface area (Å²) in [6, 6.07) is 12.2. The molecule has 4 heteroatoms. The molecule has 150 valence electrons. The van der Waals surface area contributed by atoms with E-state index in [0.717, 1.165) is 22.0 Å². The van der Waals surface area contributed by atoms with Crippen molar-refractivity contribution in [1.29, 1.82) is 0 Å². The van der Waals surface area contributed by atoms with Gasteiger partial charge in [0, 0.05) is 34.5 Å². The maximum absolute atomic E-state index is 12.9. The fourth-order valence-electron chi connectivity index (χ4n) is 6.64.